The molecule has 1 saturated heterocycles. The normalized spacial score (nSPS) is 15.7. The van der Waals surface area contributed by atoms with Crippen molar-refractivity contribution in [2.45, 2.75) is 19.4 Å². The number of carbonyl (C=O) groups is 1. The molecule has 0 bridgehead atoms. The molecule has 0 spiro atoms. The zero-order chi connectivity index (χ0) is 15.1. The molecule has 1 aliphatic heterocycles. The Hall–Kier alpha value is -1.59. The van der Waals surface area contributed by atoms with Crippen molar-refractivity contribution in [3.63, 3.8) is 0 Å². The minimum absolute atomic E-state index is 0.00619. The fourth-order valence-electron chi connectivity index (χ4n) is 2.48. The molecule has 2 rings (SSSR count). The maximum atomic E-state index is 12.1. The highest BCUT2D eigenvalue weighted by Gasteiger charge is 2.19. The Balaban J connectivity index is 1.80. The Bertz CT molecular complexity index is 459. The molecule has 0 unspecified atom stereocenters. The maximum absolute atomic E-state index is 12.1. The van der Waals surface area contributed by atoms with Gasteiger partial charge in [-0.3, -0.25) is 4.79 Å². The van der Waals surface area contributed by atoms with Crippen molar-refractivity contribution in [2.24, 2.45) is 11.7 Å². The van der Waals surface area contributed by atoms with E-state index < -0.39 is 0 Å². The predicted octanol–water partition coefficient (Wildman–Crippen LogP) is 1.41. The van der Waals surface area contributed by atoms with Gasteiger partial charge >= 0.3 is 0 Å². The van der Waals surface area contributed by atoms with Crippen LogP contribution in [0, 0.1) is 5.92 Å². The van der Waals surface area contributed by atoms with Crippen LogP contribution in [-0.2, 0) is 16.1 Å². The number of benzene rings is 1. The Morgan fingerprint density at radius 2 is 2.10 bits per heavy atom. The molecule has 1 fully saturated rings. The van der Waals surface area contributed by atoms with Crippen LogP contribution in [0.4, 0.5) is 0 Å². The summed E-state index contributed by atoms with van der Waals surface area (Å²) >= 11 is 0. The fourth-order valence-corrected chi connectivity index (χ4v) is 2.48. The van der Waals surface area contributed by atoms with Crippen molar-refractivity contribution >= 4 is 5.91 Å². The molecule has 2 N–H and O–H groups in total. The van der Waals surface area contributed by atoms with Gasteiger partial charge in [0.05, 0.1) is 0 Å². The van der Waals surface area contributed by atoms with E-state index in [-0.39, 0.29) is 12.5 Å². The molecule has 5 nitrogen and oxygen atoms in total. The number of likely N-dealkylation sites (N-methyl/N-ethyl adjacent to an activating group) is 1. The molecule has 1 aromatic carbocycles. The number of para-hydroxylation sites is 1. The van der Waals surface area contributed by atoms with Crippen LogP contribution in [0.25, 0.3) is 0 Å². The van der Waals surface area contributed by atoms with Gasteiger partial charge in [0.15, 0.2) is 6.61 Å². The lowest BCUT2D eigenvalue weighted by Crippen LogP contribution is -2.37. The smallest absolute Gasteiger partial charge is 0.260 e. The summed E-state index contributed by atoms with van der Waals surface area (Å²) in [6.07, 6.45) is 2.04. The van der Waals surface area contributed by atoms with Crippen LogP contribution in [0.15, 0.2) is 24.3 Å². The first kappa shape index (κ1) is 15.8. The summed E-state index contributed by atoms with van der Waals surface area (Å²) in [5.41, 5.74) is 6.57. The van der Waals surface area contributed by atoms with Crippen molar-refractivity contribution in [2.75, 3.05) is 33.4 Å². The molecule has 0 aliphatic carbocycles. The van der Waals surface area contributed by atoms with Crippen LogP contribution in [0.1, 0.15) is 18.4 Å². The number of carbonyl (C=O) groups excluding carboxylic acids is 1. The minimum atomic E-state index is -0.00619. The Morgan fingerprint density at radius 3 is 2.81 bits per heavy atom. The summed E-state index contributed by atoms with van der Waals surface area (Å²) in [5, 5.41) is 0. The SMILES string of the molecule is CN(CC1CCOCC1)C(=O)COc1ccccc1CN. The quantitative estimate of drug-likeness (QED) is 0.861. The number of nitrogens with zero attached hydrogens (tertiary/aromatic N) is 1. The van der Waals surface area contributed by atoms with Crippen LogP contribution >= 0.6 is 0 Å². The first-order valence-corrected chi connectivity index (χ1v) is 7.43. The summed E-state index contributed by atoms with van der Waals surface area (Å²) < 4.78 is 10.9. The van der Waals surface area contributed by atoms with Gasteiger partial charge in [-0.15, -0.1) is 0 Å². The molecular weight excluding hydrogens is 268 g/mol. The second-order valence-corrected chi connectivity index (χ2v) is 5.43. The van der Waals surface area contributed by atoms with Crippen LogP contribution in [0.5, 0.6) is 5.75 Å². The van der Waals surface area contributed by atoms with Crippen molar-refractivity contribution < 1.29 is 14.3 Å². The van der Waals surface area contributed by atoms with E-state index in [1.54, 1.807) is 4.90 Å². The van der Waals surface area contributed by atoms with E-state index in [0.29, 0.717) is 18.2 Å². The molecule has 0 atom stereocenters. The lowest BCUT2D eigenvalue weighted by molar-refractivity contribution is -0.133. The average molecular weight is 292 g/mol. The van der Waals surface area contributed by atoms with Crippen LogP contribution in [0.2, 0.25) is 0 Å². The van der Waals surface area contributed by atoms with Gasteiger partial charge in [0, 0.05) is 38.9 Å². The number of amides is 1. The highest BCUT2D eigenvalue weighted by Crippen LogP contribution is 2.18. The summed E-state index contributed by atoms with van der Waals surface area (Å²) in [4.78, 5) is 13.9. The monoisotopic (exact) mass is 292 g/mol. The van der Waals surface area contributed by atoms with E-state index in [1.165, 1.54) is 0 Å². The zero-order valence-corrected chi connectivity index (χ0v) is 12.6. The molecular formula is C16H24N2O3. The third-order valence-electron chi connectivity index (χ3n) is 3.84. The fraction of sp³-hybridized carbons (Fsp3) is 0.562. The number of ether oxygens (including phenoxy) is 2. The topological polar surface area (TPSA) is 64.8 Å². The molecule has 0 aromatic heterocycles. The van der Waals surface area contributed by atoms with Gasteiger partial charge in [0.1, 0.15) is 5.75 Å². The van der Waals surface area contributed by atoms with E-state index in [4.69, 9.17) is 15.2 Å². The largest absolute Gasteiger partial charge is 0.483 e. The van der Waals surface area contributed by atoms with Gasteiger partial charge in [0.2, 0.25) is 0 Å². The first-order chi connectivity index (χ1) is 10.2. The van der Waals surface area contributed by atoms with Crippen LogP contribution in [0.3, 0.4) is 0 Å². The first-order valence-electron chi connectivity index (χ1n) is 7.43. The molecule has 21 heavy (non-hydrogen) atoms. The number of hydrogen-bond acceptors (Lipinski definition) is 4. The van der Waals surface area contributed by atoms with Crippen LogP contribution < -0.4 is 10.5 Å². The summed E-state index contributed by atoms with van der Waals surface area (Å²) in [5.74, 6) is 1.21. The Labute approximate surface area is 126 Å². The van der Waals surface area contributed by atoms with E-state index in [1.807, 2.05) is 31.3 Å². The van der Waals surface area contributed by atoms with Crippen molar-refractivity contribution in [3.05, 3.63) is 29.8 Å². The van der Waals surface area contributed by atoms with Gasteiger partial charge in [-0.05, 0) is 24.8 Å². The lowest BCUT2D eigenvalue weighted by atomic mass is 10.00. The molecule has 5 heteroatoms. The van der Waals surface area contributed by atoms with E-state index in [2.05, 4.69) is 0 Å². The van der Waals surface area contributed by atoms with Gasteiger partial charge < -0.3 is 20.1 Å². The van der Waals surface area contributed by atoms with Gasteiger partial charge in [-0.25, -0.2) is 0 Å². The lowest BCUT2D eigenvalue weighted by Gasteiger charge is -2.27. The maximum Gasteiger partial charge on any atom is 0.260 e. The molecule has 1 aliphatic rings. The number of rotatable bonds is 6. The Kier molecular flexibility index (Phi) is 6.02. The molecule has 1 heterocycles. The summed E-state index contributed by atoms with van der Waals surface area (Å²) in [7, 11) is 1.83. The molecule has 116 valence electrons. The van der Waals surface area contributed by atoms with Gasteiger partial charge in [-0.1, -0.05) is 18.2 Å². The van der Waals surface area contributed by atoms with Gasteiger partial charge in [-0.2, -0.15) is 0 Å². The molecule has 1 amide bonds. The average Bonchev–Trinajstić information content (AvgIpc) is 2.53. The molecule has 1 aromatic rings. The van der Waals surface area contributed by atoms with Crippen molar-refractivity contribution in [1.82, 2.24) is 4.90 Å². The minimum Gasteiger partial charge on any atom is -0.483 e. The summed E-state index contributed by atoms with van der Waals surface area (Å²) in [6, 6.07) is 7.54. The highest BCUT2D eigenvalue weighted by atomic mass is 16.5. The number of hydrogen-bond donors (Lipinski definition) is 1. The van der Waals surface area contributed by atoms with E-state index in [0.717, 1.165) is 38.2 Å². The number of nitrogens with two attached hydrogens (primary N) is 1. The van der Waals surface area contributed by atoms with Crippen molar-refractivity contribution in [3.8, 4) is 5.75 Å². The van der Waals surface area contributed by atoms with Crippen molar-refractivity contribution in [1.29, 1.82) is 0 Å². The van der Waals surface area contributed by atoms with Crippen LogP contribution in [-0.4, -0.2) is 44.2 Å². The predicted molar refractivity (Wildman–Crippen MR) is 81.0 cm³/mol. The second-order valence-electron chi connectivity index (χ2n) is 5.43. The molecule has 0 saturated carbocycles. The zero-order valence-electron chi connectivity index (χ0n) is 12.6. The second kappa shape index (κ2) is 8.00. The Morgan fingerprint density at radius 1 is 1.38 bits per heavy atom. The van der Waals surface area contributed by atoms with E-state index in [9.17, 15) is 4.79 Å². The van der Waals surface area contributed by atoms with E-state index >= 15 is 0 Å². The standard InChI is InChI=1S/C16H24N2O3/c1-18(11-13-6-8-20-9-7-13)16(19)12-21-15-5-3-2-4-14(15)10-17/h2-5,13H,6-12,17H2,1H3. The van der Waals surface area contributed by atoms with Gasteiger partial charge in [0.25, 0.3) is 5.91 Å². The highest BCUT2D eigenvalue weighted by molar-refractivity contribution is 5.77. The summed E-state index contributed by atoms with van der Waals surface area (Å²) in [6.45, 7) is 2.82. The molecule has 0 radical (unpaired) electrons. The third kappa shape index (κ3) is 4.72. The third-order valence-corrected chi connectivity index (χ3v) is 3.84.